The first-order chi connectivity index (χ1) is 11.1. The molecule has 0 aliphatic heterocycles. The number of aliphatic imine (C=N–C) groups is 1. The van der Waals surface area contributed by atoms with Gasteiger partial charge in [0.2, 0.25) is 0 Å². The SMILES string of the molecule is CN=C(NCCCCSC)NCc1ccc(C)cc1OC(C)C. The van der Waals surface area contributed by atoms with Gasteiger partial charge in [-0.05, 0) is 57.3 Å². The van der Waals surface area contributed by atoms with E-state index in [0.29, 0.717) is 6.54 Å². The fourth-order valence-corrected chi connectivity index (χ4v) is 2.64. The van der Waals surface area contributed by atoms with Crippen LogP contribution in [0.3, 0.4) is 0 Å². The van der Waals surface area contributed by atoms with E-state index in [1.54, 1.807) is 7.05 Å². The molecule has 0 bridgehead atoms. The first kappa shape index (κ1) is 19.7. The number of unbranched alkanes of at least 4 members (excludes halogenated alkanes) is 1. The summed E-state index contributed by atoms with van der Waals surface area (Å²) in [6, 6.07) is 6.32. The first-order valence-corrected chi connectivity index (χ1v) is 9.65. The minimum Gasteiger partial charge on any atom is -0.491 e. The van der Waals surface area contributed by atoms with Crippen molar-refractivity contribution < 1.29 is 4.74 Å². The third-order valence-electron chi connectivity index (χ3n) is 3.32. The summed E-state index contributed by atoms with van der Waals surface area (Å²) >= 11 is 1.89. The third-order valence-corrected chi connectivity index (χ3v) is 4.02. The van der Waals surface area contributed by atoms with Crippen LogP contribution in [0.4, 0.5) is 0 Å². The van der Waals surface area contributed by atoms with Gasteiger partial charge in [0.25, 0.3) is 0 Å². The minimum absolute atomic E-state index is 0.171. The summed E-state index contributed by atoms with van der Waals surface area (Å²) in [4.78, 5) is 4.28. The second-order valence-electron chi connectivity index (χ2n) is 5.83. The maximum absolute atomic E-state index is 5.91. The van der Waals surface area contributed by atoms with Gasteiger partial charge in [0.1, 0.15) is 5.75 Å². The Morgan fingerprint density at radius 3 is 2.70 bits per heavy atom. The van der Waals surface area contributed by atoms with Gasteiger partial charge >= 0.3 is 0 Å². The Labute approximate surface area is 145 Å². The molecule has 0 heterocycles. The van der Waals surface area contributed by atoms with Crippen molar-refractivity contribution >= 4 is 17.7 Å². The zero-order valence-corrected chi connectivity index (χ0v) is 15.9. The van der Waals surface area contributed by atoms with Gasteiger partial charge in [0, 0.05) is 25.7 Å². The molecule has 0 saturated heterocycles. The molecule has 0 unspecified atom stereocenters. The number of nitrogens with zero attached hydrogens (tertiary/aromatic N) is 1. The molecule has 5 heteroatoms. The van der Waals surface area contributed by atoms with E-state index in [1.165, 1.54) is 17.7 Å². The lowest BCUT2D eigenvalue weighted by Gasteiger charge is -2.17. The van der Waals surface area contributed by atoms with Gasteiger partial charge in [-0.15, -0.1) is 0 Å². The molecule has 0 spiro atoms. The zero-order chi connectivity index (χ0) is 17.1. The van der Waals surface area contributed by atoms with Crippen LogP contribution < -0.4 is 15.4 Å². The van der Waals surface area contributed by atoms with Crippen LogP contribution in [0.1, 0.15) is 37.8 Å². The molecule has 0 fully saturated rings. The molecule has 0 amide bonds. The molecular weight excluding hydrogens is 306 g/mol. The topological polar surface area (TPSA) is 45.7 Å². The van der Waals surface area contributed by atoms with Crippen molar-refractivity contribution in [3.05, 3.63) is 29.3 Å². The Balaban J connectivity index is 2.51. The molecule has 0 saturated carbocycles. The minimum atomic E-state index is 0.171. The second-order valence-corrected chi connectivity index (χ2v) is 6.82. The highest BCUT2D eigenvalue weighted by Gasteiger charge is 2.07. The monoisotopic (exact) mass is 337 g/mol. The predicted molar refractivity (Wildman–Crippen MR) is 103 cm³/mol. The summed E-state index contributed by atoms with van der Waals surface area (Å²) in [6.45, 7) is 7.83. The van der Waals surface area contributed by atoms with Crippen molar-refractivity contribution in [2.45, 2.75) is 46.3 Å². The molecule has 0 atom stereocenters. The van der Waals surface area contributed by atoms with Gasteiger partial charge < -0.3 is 15.4 Å². The van der Waals surface area contributed by atoms with E-state index in [2.05, 4.69) is 60.9 Å². The summed E-state index contributed by atoms with van der Waals surface area (Å²) in [5.74, 6) is 3.00. The number of hydrogen-bond donors (Lipinski definition) is 2. The van der Waals surface area contributed by atoms with Crippen LogP contribution in [0.2, 0.25) is 0 Å². The predicted octanol–water partition coefficient (Wildman–Crippen LogP) is 3.59. The normalized spacial score (nSPS) is 11.7. The van der Waals surface area contributed by atoms with E-state index < -0.39 is 0 Å². The van der Waals surface area contributed by atoms with E-state index in [9.17, 15) is 0 Å². The van der Waals surface area contributed by atoms with Gasteiger partial charge in [-0.3, -0.25) is 4.99 Å². The maximum Gasteiger partial charge on any atom is 0.191 e. The highest BCUT2D eigenvalue weighted by atomic mass is 32.2. The van der Waals surface area contributed by atoms with Crippen molar-refractivity contribution in [2.24, 2.45) is 4.99 Å². The summed E-state index contributed by atoms with van der Waals surface area (Å²) in [6.07, 6.45) is 4.71. The fraction of sp³-hybridized carbons (Fsp3) is 0.611. The highest BCUT2D eigenvalue weighted by Crippen LogP contribution is 2.21. The lowest BCUT2D eigenvalue weighted by atomic mass is 10.1. The molecule has 0 aromatic heterocycles. The summed E-state index contributed by atoms with van der Waals surface area (Å²) in [5.41, 5.74) is 2.36. The molecule has 2 N–H and O–H groups in total. The van der Waals surface area contributed by atoms with E-state index in [0.717, 1.165) is 30.2 Å². The van der Waals surface area contributed by atoms with Crippen LogP contribution in [0.5, 0.6) is 5.75 Å². The van der Waals surface area contributed by atoms with Crippen molar-refractivity contribution in [2.75, 3.05) is 25.6 Å². The molecule has 0 aliphatic rings. The van der Waals surface area contributed by atoms with E-state index >= 15 is 0 Å². The average molecular weight is 338 g/mol. The van der Waals surface area contributed by atoms with Crippen LogP contribution in [0.25, 0.3) is 0 Å². The smallest absolute Gasteiger partial charge is 0.191 e. The molecule has 0 radical (unpaired) electrons. The largest absolute Gasteiger partial charge is 0.491 e. The van der Waals surface area contributed by atoms with E-state index in [-0.39, 0.29) is 6.10 Å². The van der Waals surface area contributed by atoms with Crippen LogP contribution in [-0.2, 0) is 6.54 Å². The number of guanidine groups is 1. The number of aryl methyl sites for hydroxylation is 1. The molecule has 1 rings (SSSR count). The Bertz CT molecular complexity index is 489. The maximum atomic E-state index is 5.91. The molecule has 23 heavy (non-hydrogen) atoms. The lowest BCUT2D eigenvalue weighted by Crippen LogP contribution is -2.37. The van der Waals surface area contributed by atoms with E-state index in [1.807, 2.05) is 11.8 Å². The van der Waals surface area contributed by atoms with Gasteiger partial charge in [-0.2, -0.15) is 11.8 Å². The van der Waals surface area contributed by atoms with Gasteiger partial charge in [-0.25, -0.2) is 0 Å². The number of benzene rings is 1. The van der Waals surface area contributed by atoms with Crippen LogP contribution in [0.15, 0.2) is 23.2 Å². The Morgan fingerprint density at radius 2 is 2.04 bits per heavy atom. The average Bonchev–Trinajstić information content (AvgIpc) is 2.51. The lowest BCUT2D eigenvalue weighted by molar-refractivity contribution is 0.239. The van der Waals surface area contributed by atoms with Crippen molar-refractivity contribution in [1.82, 2.24) is 10.6 Å². The molecular formula is C18H31N3OS. The van der Waals surface area contributed by atoms with Gasteiger partial charge in [0.05, 0.1) is 6.10 Å². The van der Waals surface area contributed by atoms with Crippen molar-refractivity contribution in [1.29, 1.82) is 0 Å². The fourth-order valence-electron chi connectivity index (χ4n) is 2.15. The van der Waals surface area contributed by atoms with E-state index in [4.69, 9.17) is 4.74 Å². The number of ether oxygens (including phenoxy) is 1. The number of thioether (sulfide) groups is 1. The molecule has 4 nitrogen and oxygen atoms in total. The quantitative estimate of drug-likeness (QED) is 0.411. The molecule has 0 aliphatic carbocycles. The van der Waals surface area contributed by atoms with Crippen LogP contribution >= 0.6 is 11.8 Å². The van der Waals surface area contributed by atoms with Gasteiger partial charge in [0.15, 0.2) is 5.96 Å². The summed E-state index contributed by atoms with van der Waals surface area (Å²) < 4.78 is 5.91. The highest BCUT2D eigenvalue weighted by molar-refractivity contribution is 7.98. The van der Waals surface area contributed by atoms with Crippen molar-refractivity contribution in [3.63, 3.8) is 0 Å². The summed E-state index contributed by atoms with van der Waals surface area (Å²) in [7, 11) is 1.80. The molecule has 1 aromatic carbocycles. The second kappa shape index (κ2) is 11.2. The number of hydrogen-bond acceptors (Lipinski definition) is 3. The Morgan fingerprint density at radius 1 is 1.26 bits per heavy atom. The van der Waals surface area contributed by atoms with Crippen LogP contribution in [-0.4, -0.2) is 37.7 Å². The summed E-state index contributed by atoms with van der Waals surface area (Å²) in [5, 5.41) is 6.72. The van der Waals surface area contributed by atoms with Gasteiger partial charge in [-0.1, -0.05) is 12.1 Å². The Kier molecular flexibility index (Phi) is 9.60. The first-order valence-electron chi connectivity index (χ1n) is 8.26. The van der Waals surface area contributed by atoms with Crippen molar-refractivity contribution in [3.8, 4) is 5.75 Å². The zero-order valence-electron chi connectivity index (χ0n) is 15.1. The van der Waals surface area contributed by atoms with Crippen LogP contribution in [0, 0.1) is 6.92 Å². The third kappa shape index (κ3) is 8.16. The molecule has 1 aromatic rings. The number of nitrogens with one attached hydrogen (secondary N) is 2. The molecule has 130 valence electrons. The Hall–Kier alpha value is -1.36. The standard InChI is InChI=1S/C18H31N3OS/c1-14(2)22-17-12-15(3)8-9-16(17)13-21-18(19-4)20-10-6-7-11-23-5/h8-9,12,14H,6-7,10-11,13H2,1-5H3,(H2,19,20,21). The number of rotatable bonds is 9.